The van der Waals surface area contributed by atoms with Crippen LogP contribution in [-0.2, 0) is 4.74 Å². The Labute approximate surface area is 117 Å². The minimum absolute atomic E-state index is 0.0680. The molecule has 0 aliphatic carbocycles. The predicted octanol–water partition coefficient (Wildman–Crippen LogP) is 1.04. The molecule has 106 valence electrons. The van der Waals surface area contributed by atoms with Crippen LogP contribution in [0.25, 0.3) is 0 Å². The maximum absolute atomic E-state index is 13.7. The maximum atomic E-state index is 13.7. The monoisotopic (exact) mass is 276 g/mol. The summed E-state index contributed by atoms with van der Waals surface area (Å²) in [5, 5.41) is 2.74. The molecule has 1 amide bonds. The Bertz CT molecular complexity index is 543. The fraction of sp³-hybridized carbons (Fsp3) is 0.400. The Morgan fingerprint density at radius 1 is 1.55 bits per heavy atom. The summed E-state index contributed by atoms with van der Waals surface area (Å²) in [6, 6.07) is 4.22. The number of hydrogen-bond acceptors (Lipinski definition) is 3. The second-order valence-corrected chi connectivity index (χ2v) is 4.55. The van der Waals surface area contributed by atoms with Gasteiger partial charge >= 0.3 is 0 Å². The number of hydrogen-bond donors (Lipinski definition) is 2. The first-order valence-corrected chi connectivity index (χ1v) is 6.59. The molecule has 1 fully saturated rings. The quantitative estimate of drug-likeness (QED) is 0.811. The highest BCUT2D eigenvalue weighted by atomic mass is 19.1. The number of amides is 1. The van der Waals surface area contributed by atoms with Gasteiger partial charge in [-0.15, -0.1) is 0 Å². The van der Waals surface area contributed by atoms with Crippen LogP contribution >= 0.6 is 0 Å². The zero-order chi connectivity index (χ0) is 14.4. The second kappa shape index (κ2) is 7.04. The molecule has 1 heterocycles. The van der Waals surface area contributed by atoms with E-state index in [4.69, 9.17) is 10.5 Å². The molecule has 1 aliphatic heterocycles. The number of nitrogens with two attached hydrogens (primary N) is 1. The molecule has 1 aliphatic rings. The van der Waals surface area contributed by atoms with Crippen LogP contribution < -0.4 is 11.1 Å². The molecule has 0 aromatic heterocycles. The van der Waals surface area contributed by atoms with E-state index in [9.17, 15) is 9.18 Å². The smallest absolute Gasteiger partial charge is 0.251 e. The van der Waals surface area contributed by atoms with Crippen LogP contribution in [0.4, 0.5) is 4.39 Å². The third-order valence-electron chi connectivity index (χ3n) is 3.07. The van der Waals surface area contributed by atoms with Gasteiger partial charge in [0.15, 0.2) is 0 Å². The van der Waals surface area contributed by atoms with E-state index in [0.717, 1.165) is 19.4 Å². The number of halogens is 1. The molecule has 2 rings (SSSR count). The molecule has 1 saturated heterocycles. The molecule has 0 bridgehead atoms. The third kappa shape index (κ3) is 3.80. The number of nitrogens with one attached hydrogen (secondary N) is 1. The fourth-order valence-electron chi connectivity index (χ4n) is 2.02. The third-order valence-corrected chi connectivity index (χ3v) is 3.07. The second-order valence-electron chi connectivity index (χ2n) is 4.55. The summed E-state index contributed by atoms with van der Waals surface area (Å²) in [6.45, 7) is 1.36. The summed E-state index contributed by atoms with van der Waals surface area (Å²) in [4.78, 5) is 11.9. The molecule has 1 atom stereocenters. The van der Waals surface area contributed by atoms with E-state index in [-0.39, 0.29) is 29.7 Å². The molecule has 1 aromatic carbocycles. The van der Waals surface area contributed by atoms with E-state index in [1.54, 1.807) is 6.07 Å². The minimum Gasteiger partial charge on any atom is -0.376 e. The fourth-order valence-corrected chi connectivity index (χ4v) is 2.02. The van der Waals surface area contributed by atoms with Crippen LogP contribution in [0.1, 0.15) is 28.8 Å². The van der Waals surface area contributed by atoms with Gasteiger partial charge in [-0.3, -0.25) is 4.79 Å². The van der Waals surface area contributed by atoms with Crippen LogP contribution in [0, 0.1) is 17.7 Å². The van der Waals surface area contributed by atoms with Gasteiger partial charge in [0.25, 0.3) is 5.91 Å². The van der Waals surface area contributed by atoms with E-state index in [1.165, 1.54) is 12.1 Å². The highest BCUT2D eigenvalue weighted by Crippen LogP contribution is 2.12. The molecule has 5 heteroatoms. The van der Waals surface area contributed by atoms with E-state index in [1.807, 2.05) is 0 Å². The van der Waals surface area contributed by atoms with Crippen molar-refractivity contribution in [1.82, 2.24) is 5.32 Å². The van der Waals surface area contributed by atoms with Crippen LogP contribution in [0.15, 0.2) is 18.2 Å². The van der Waals surface area contributed by atoms with Gasteiger partial charge in [0.2, 0.25) is 0 Å². The number of benzene rings is 1. The van der Waals surface area contributed by atoms with Crippen molar-refractivity contribution in [2.24, 2.45) is 5.73 Å². The van der Waals surface area contributed by atoms with Crippen LogP contribution in [0.5, 0.6) is 0 Å². The Morgan fingerprint density at radius 3 is 3.05 bits per heavy atom. The predicted molar refractivity (Wildman–Crippen MR) is 73.6 cm³/mol. The van der Waals surface area contributed by atoms with Crippen molar-refractivity contribution in [2.45, 2.75) is 18.9 Å². The van der Waals surface area contributed by atoms with Crippen LogP contribution in [0.2, 0.25) is 0 Å². The minimum atomic E-state index is -0.518. The lowest BCUT2D eigenvalue weighted by atomic mass is 10.1. The zero-order valence-corrected chi connectivity index (χ0v) is 11.1. The largest absolute Gasteiger partial charge is 0.376 e. The Morgan fingerprint density at radius 2 is 2.40 bits per heavy atom. The Hall–Kier alpha value is -1.90. The average Bonchev–Trinajstić information content (AvgIpc) is 2.96. The molecule has 4 nitrogen and oxygen atoms in total. The number of ether oxygens (including phenoxy) is 1. The van der Waals surface area contributed by atoms with Crippen molar-refractivity contribution >= 4 is 5.91 Å². The summed E-state index contributed by atoms with van der Waals surface area (Å²) in [7, 11) is 0. The number of rotatable bonds is 3. The lowest BCUT2D eigenvalue weighted by Crippen LogP contribution is -2.31. The van der Waals surface area contributed by atoms with E-state index >= 15 is 0 Å². The summed E-state index contributed by atoms with van der Waals surface area (Å²) < 4.78 is 19.1. The molecule has 1 unspecified atom stereocenters. The van der Waals surface area contributed by atoms with Gasteiger partial charge in [-0.1, -0.05) is 11.8 Å². The number of carbonyl (C=O) groups excluding carboxylic acids is 1. The summed E-state index contributed by atoms with van der Waals surface area (Å²) >= 11 is 0. The van der Waals surface area contributed by atoms with Crippen LogP contribution in [-0.4, -0.2) is 31.7 Å². The van der Waals surface area contributed by atoms with Crippen molar-refractivity contribution in [1.29, 1.82) is 0 Å². The van der Waals surface area contributed by atoms with Crippen molar-refractivity contribution < 1.29 is 13.9 Å². The van der Waals surface area contributed by atoms with E-state index in [0.29, 0.717) is 6.54 Å². The standard InChI is InChI=1S/C15H17FN2O2/c16-14-9-12(6-5-11(14)3-1-7-17)15(19)18-10-13-4-2-8-20-13/h5-6,9,13H,2,4,7-8,10,17H2,(H,18,19). The summed E-state index contributed by atoms with van der Waals surface area (Å²) in [5.41, 5.74) is 5.75. The van der Waals surface area contributed by atoms with Crippen molar-refractivity contribution in [3.8, 4) is 11.8 Å². The van der Waals surface area contributed by atoms with Crippen molar-refractivity contribution in [3.63, 3.8) is 0 Å². The average molecular weight is 276 g/mol. The molecule has 0 radical (unpaired) electrons. The first-order valence-electron chi connectivity index (χ1n) is 6.59. The van der Waals surface area contributed by atoms with Crippen molar-refractivity contribution in [2.75, 3.05) is 19.7 Å². The van der Waals surface area contributed by atoms with Gasteiger partial charge in [-0.25, -0.2) is 4.39 Å². The van der Waals surface area contributed by atoms with Gasteiger partial charge in [0, 0.05) is 18.7 Å². The molecule has 1 aromatic rings. The molecular formula is C15H17FN2O2. The Kier molecular flexibility index (Phi) is 5.10. The van der Waals surface area contributed by atoms with E-state index in [2.05, 4.69) is 17.2 Å². The molecule has 0 saturated carbocycles. The van der Waals surface area contributed by atoms with Crippen LogP contribution in [0.3, 0.4) is 0 Å². The van der Waals surface area contributed by atoms with Gasteiger partial charge < -0.3 is 15.8 Å². The van der Waals surface area contributed by atoms with Gasteiger partial charge in [0.05, 0.1) is 18.2 Å². The Balaban J connectivity index is 1.97. The summed E-state index contributed by atoms with van der Waals surface area (Å²) in [6.07, 6.45) is 2.03. The first-order chi connectivity index (χ1) is 9.70. The topological polar surface area (TPSA) is 64.4 Å². The first kappa shape index (κ1) is 14.5. The zero-order valence-electron chi connectivity index (χ0n) is 11.1. The maximum Gasteiger partial charge on any atom is 0.251 e. The number of carbonyl (C=O) groups is 1. The SMILES string of the molecule is NCC#Cc1ccc(C(=O)NCC2CCCO2)cc1F. The molecule has 0 spiro atoms. The lowest BCUT2D eigenvalue weighted by Gasteiger charge is -2.10. The highest BCUT2D eigenvalue weighted by Gasteiger charge is 2.17. The highest BCUT2D eigenvalue weighted by molar-refractivity contribution is 5.94. The molecular weight excluding hydrogens is 259 g/mol. The van der Waals surface area contributed by atoms with Gasteiger partial charge in [-0.2, -0.15) is 0 Å². The summed E-state index contributed by atoms with van der Waals surface area (Å²) in [5.74, 6) is 4.37. The molecule has 3 N–H and O–H groups in total. The van der Waals surface area contributed by atoms with Crippen molar-refractivity contribution in [3.05, 3.63) is 35.1 Å². The lowest BCUT2D eigenvalue weighted by molar-refractivity contribution is 0.0857. The normalized spacial score (nSPS) is 17.4. The molecule has 20 heavy (non-hydrogen) atoms. The van der Waals surface area contributed by atoms with E-state index < -0.39 is 5.82 Å². The van der Waals surface area contributed by atoms with Gasteiger partial charge in [0.1, 0.15) is 5.82 Å². The van der Waals surface area contributed by atoms with Gasteiger partial charge in [-0.05, 0) is 31.0 Å².